The van der Waals surface area contributed by atoms with E-state index in [1.807, 2.05) is 54.0 Å². The van der Waals surface area contributed by atoms with Gasteiger partial charge in [-0.05, 0) is 48.9 Å². The van der Waals surface area contributed by atoms with Crippen molar-refractivity contribution in [2.45, 2.75) is 18.5 Å². The minimum Gasteiger partial charge on any atom is -0.465 e. The molecule has 1 amide bonds. The average Bonchev–Trinajstić information content (AvgIpc) is 3.26. The second-order valence-corrected chi connectivity index (χ2v) is 8.58. The summed E-state index contributed by atoms with van der Waals surface area (Å²) in [4.78, 5) is 24.1. The highest BCUT2D eigenvalue weighted by Gasteiger charge is 2.16. The van der Waals surface area contributed by atoms with Crippen LogP contribution in [0.25, 0.3) is 5.69 Å². The summed E-state index contributed by atoms with van der Waals surface area (Å²) in [7, 11) is 1.33. The first-order chi connectivity index (χ1) is 16.5. The van der Waals surface area contributed by atoms with Crippen molar-refractivity contribution in [2.75, 3.05) is 18.2 Å². The normalized spacial score (nSPS) is 10.6. The third-order valence-corrected chi connectivity index (χ3v) is 6.05. The number of benzene rings is 3. The molecule has 0 fully saturated rings. The van der Waals surface area contributed by atoms with Crippen molar-refractivity contribution in [3.63, 3.8) is 0 Å². The Hall–Kier alpha value is -3.91. The topological polar surface area (TPSA) is 86.1 Å². The van der Waals surface area contributed by atoms with Crippen LogP contribution in [0.3, 0.4) is 0 Å². The van der Waals surface area contributed by atoms with Gasteiger partial charge in [0, 0.05) is 17.8 Å². The van der Waals surface area contributed by atoms with Gasteiger partial charge in [0.25, 0.3) is 0 Å². The molecule has 0 saturated carbocycles. The zero-order valence-electron chi connectivity index (χ0n) is 18.9. The number of nitrogens with one attached hydrogen (secondary N) is 1. The van der Waals surface area contributed by atoms with Crippen molar-refractivity contribution in [1.29, 1.82) is 0 Å². The van der Waals surface area contributed by atoms with E-state index in [1.165, 1.54) is 18.9 Å². The monoisotopic (exact) mass is 472 g/mol. The van der Waals surface area contributed by atoms with Gasteiger partial charge >= 0.3 is 5.97 Å². The molecule has 0 radical (unpaired) electrons. The third kappa shape index (κ3) is 5.71. The highest BCUT2D eigenvalue weighted by Crippen LogP contribution is 2.24. The standard InChI is InChI=1S/C26H24N4O3S/c1-18-8-14-22(15-9-18)30-23(16-19-6-4-3-5-7-19)28-29-26(30)34-17-24(31)27-21-12-10-20(11-13-21)25(32)33-2/h3-15H,16-17H2,1-2H3,(H,27,31). The lowest BCUT2D eigenvalue weighted by Crippen LogP contribution is -2.15. The molecular formula is C26H24N4O3S. The summed E-state index contributed by atoms with van der Waals surface area (Å²) in [6.45, 7) is 2.04. The lowest BCUT2D eigenvalue weighted by molar-refractivity contribution is -0.113. The molecule has 0 aliphatic rings. The van der Waals surface area contributed by atoms with E-state index < -0.39 is 5.97 Å². The zero-order chi connectivity index (χ0) is 23.9. The SMILES string of the molecule is COC(=O)c1ccc(NC(=O)CSc2nnc(Cc3ccccc3)n2-c2ccc(C)cc2)cc1. The average molecular weight is 473 g/mol. The van der Waals surface area contributed by atoms with E-state index in [0.29, 0.717) is 22.8 Å². The maximum absolute atomic E-state index is 12.6. The predicted octanol–water partition coefficient (Wildman–Crippen LogP) is 4.68. The van der Waals surface area contributed by atoms with Crippen molar-refractivity contribution in [3.8, 4) is 5.69 Å². The summed E-state index contributed by atoms with van der Waals surface area (Å²) in [6, 6.07) is 24.8. The van der Waals surface area contributed by atoms with E-state index in [9.17, 15) is 9.59 Å². The van der Waals surface area contributed by atoms with E-state index in [0.717, 1.165) is 22.6 Å². The second-order valence-electron chi connectivity index (χ2n) is 7.64. The van der Waals surface area contributed by atoms with Crippen LogP contribution in [0, 0.1) is 6.92 Å². The Morgan fingerprint density at radius 3 is 2.32 bits per heavy atom. The smallest absolute Gasteiger partial charge is 0.337 e. The molecule has 172 valence electrons. The molecule has 0 spiro atoms. The molecule has 34 heavy (non-hydrogen) atoms. The summed E-state index contributed by atoms with van der Waals surface area (Å²) in [6.07, 6.45) is 0.626. The van der Waals surface area contributed by atoms with Crippen LogP contribution in [-0.2, 0) is 16.0 Å². The molecule has 0 saturated heterocycles. The fraction of sp³-hybridized carbons (Fsp3) is 0.154. The second kappa shape index (κ2) is 10.8. The molecule has 7 nitrogen and oxygen atoms in total. The molecule has 0 unspecified atom stereocenters. The van der Waals surface area contributed by atoms with Crippen LogP contribution in [0.15, 0.2) is 84.0 Å². The number of hydrogen-bond donors (Lipinski definition) is 1. The van der Waals surface area contributed by atoms with Crippen molar-refractivity contribution in [2.24, 2.45) is 0 Å². The van der Waals surface area contributed by atoms with Crippen LogP contribution < -0.4 is 5.32 Å². The first-order valence-electron chi connectivity index (χ1n) is 10.7. The molecule has 0 atom stereocenters. The zero-order valence-corrected chi connectivity index (χ0v) is 19.7. The Morgan fingerprint density at radius 2 is 1.65 bits per heavy atom. The number of carbonyl (C=O) groups excluding carboxylic acids is 2. The number of hydrogen-bond acceptors (Lipinski definition) is 6. The molecule has 1 aromatic heterocycles. The molecule has 4 aromatic rings. The summed E-state index contributed by atoms with van der Waals surface area (Å²) >= 11 is 1.32. The number of carbonyl (C=O) groups is 2. The number of thioether (sulfide) groups is 1. The van der Waals surface area contributed by atoms with Gasteiger partial charge in [0.15, 0.2) is 5.16 Å². The van der Waals surface area contributed by atoms with Crippen LogP contribution in [0.5, 0.6) is 0 Å². The molecule has 3 aromatic carbocycles. The van der Waals surface area contributed by atoms with Gasteiger partial charge in [0.2, 0.25) is 5.91 Å². The van der Waals surface area contributed by atoms with Gasteiger partial charge in [0.1, 0.15) is 5.82 Å². The van der Waals surface area contributed by atoms with Crippen LogP contribution in [0.1, 0.15) is 27.3 Å². The minimum atomic E-state index is -0.421. The minimum absolute atomic E-state index is 0.161. The lowest BCUT2D eigenvalue weighted by atomic mass is 10.1. The molecule has 0 aliphatic carbocycles. The highest BCUT2D eigenvalue weighted by atomic mass is 32.2. The van der Waals surface area contributed by atoms with Gasteiger partial charge in [0.05, 0.1) is 18.4 Å². The Labute approximate surface area is 202 Å². The quantitative estimate of drug-likeness (QED) is 0.296. The molecule has 0 bridgehead atoms. The Balaban J connectivity index is 1.49. The maximum atomic E-state index is 12.6. The predicted molar refractivity (Wildman–Crippen MR) is 132 cm³/mol. The number of aryl methyl sites for hydroxylation is 1. The van der Waals surface area contributed by atoms with Crippen molar-refractivity contribution >= 4 is 29.3 Å². The molecule has 1 N–H and O–H groups in total. The van der Waals surface area contributed by atoms with Gasteiger partial charge in [-0.25, -0.2) is 4.79 Å². The third-order valence-electron chi connectivity index (χ3n) is 5.12. The Bertz CT molecular complexity index is 1270. The Morgan fingerprint density at radius 1 is 0.941 bits per heavy atom. The fourth-order valence-corrected chi connectivity index (χ4v) is 4.15. The van der Waals surface area contributed by atoms with Crippen molar-refractivity contribution in [3.05, 3.63) is 101 Å². The first kappa shape index (κ1) is 23.3. The molecule has 0 aliphatic heterocycles. The number of esters is 1. The number of anilines is 1. The maximum Gasteiger partial charge on any atom is 0.337 e. The van der Waals surface area contributed by atoms with E-state index in [-0.39, 0.29) is 11.7 Å². The van der Waals surface area contributed by atoms with E-state index in [1.54, 1.807) is 24.3 Å². The van der Waals surface area contributed by atoms with Crippen molar-refractivity contribution < 1.29 is 14.3 Å². The number of amides is 1. The molecule has 1 heterocycles. The van der Waals surface area contributed by atoms with Gasteiger partial charge < -0.3 is 10.1 Å². The van der Waals surface area contributed by atoms with Crippen LogP contribution in [-0.4, -0.2) is 39.5 Å². The number of rotatable bonds is 8. The number of aromatic nitrogens is 3. The summed E-state index contributed by atoms with van der Waals surface area (Å²) in [5.74, 6) is 0.360. The summed E-state index contributed by atoms with van der Waals surface area (Å²) < 4.78 is 6.69. The lowest BCUT2D eigenvalue weighted by Gasteiger charge is -2.11. The number of ether oxygens (including phenoxy) is 1. The Kier molecular flexibility index (Phi) is 7.39. The van der Waals surface area contributed by atoms with Gasteiger partial charge in [-0.15, -0.1) is 10.2 Å². The highest BCUT2D eigenvalue weighted by molar-refractivity contribution is 7.99. The molecule has 8 heteroatoms. The molecule has 4 rings (SSSR count). The number of methoxy groups -OCH3 is 1. The summed E-state index contributed by atoms with van der Waals surface area (Å²) in [5.41, 5.74) is 4.26. The number of nitrogens with zero attached hydrogens (tertiary/aromatic N) is 3. The van der Waals surface area contributed by atoms with Gasteiger partial charge in [-0.2, -0.15) is 0 Å². The van der Waals surface area contributed by atoms with Crippen LogP contribution >= 0.6 is 11.8 Å². The van der Waals surface area contributed by atoms with E-state index in [4.69, 9.17) is 4.74 Å². The van der Waals surface area contributed by atoms with E-state index in [2.05, 4.69) is 27.6 Å². The van der Waals surface area contributed by atoms with E-state index >= 15 is 0 Å². The van der Waals surface area contributed by atoms with Crippen LogP contribution in [0.4, 0.5) is 5.69 Å². The summed E-state index contributed by atoms with van der Waals surface area (Å²) in [5, 5.41) is 12.3. The van der Waals surface area contributed by atoms with Crippen molar-refractivity contribution in [1.82, 2.24) is 14.8 Å². The van der Waals surface area contributed by atoms with Crippen LogP contribution in [0.2, 0.25) is 0 Å². The fourth-order valence-electron chi connectivity index (χ4n) is 3.37. The largest absolute Gasteiger partial charge is 0.465 e. The van der Waals surface area contributed by atoms with Gasteiger partial charge in [-0.3, -0.25) is 9.36 Å². The van der Waals surface area contributed by atoms with Gasteiger partial charge in [-0.1, -0.05) is 59.8 Å². The first-order valence-corrected chi connectivity index (χ1v) is 11.7. The molecular weight excluding hydrogens is 448 g/mol.